The van der Waals surface area contributed by atoms with E-state index in [2.05, 4.69) is 28.3 Å². The van der Waals surface area contributed by atoms with E-state index in [4.69, 9.17) is 0 Å². The fourth-order valence-corrected chi connectivity index (χ4v) is 4.38. The Labute approximate surface area is 141 Å². The second kappa shape index (κ2) is 6.07. The van der Waals surface area contributed by atoms with Gasteiger partial charge in [0.2, 0.25) is 0 Å². The molecule has 0 aromatic carbocycles. The first-order valence-electron chi connectivity index (χ1n) is 8.26. The van der Waals surface area contributed by atoms with Crippen LogP contribution in [0.15, 0.2) is 35.6 Å². The predicted octanol–water partition coefficient (Wildman–Crippen LogP) is 2.92. The fraction of sp³-hybridized carbons (Fsp3) is 0.529. The van der Waals surface area contributed by atoms with E-state index in [1.807, 2.05) is 22.1 Å². The van der Waals surface area contributed by atoms with Crippen LogP contribution in [0.4, 0.5) is 4.79 Å². The average molecular weight is 330 g/mol. The molecule has 0 bridgehead atoms. The number of hydrogen-bond acceptors (Lipinski definition) is 4. The van der Waals surface area contributed by atoms with Gasteiger partial charge in [-0.15, -0.1) is 0 Å². The van der Waals surface area contributed by atoms with Crippen molar-refractivity contribution in [2.24, 2.45) is 5.92 Å². The molecule has 1 atom stereocenters. The minimum atomic E-state index is 0.0758. The van der Waals surface area contributed by atoms with E-state index in [0.29, 0.717) is 0 Å². The van der Waals surface area contributed by atoms with Gasteiger partial charge in [-0.2, -0.15) is 0 Å². The van der Waals surface area contributed by atoms with E-state index in [1.165, 1.54) is 24.1 Å². The monoisotopic (exact) mass is 330 g/mol. The molecule has 1 saturated heterocycles. The Hall–Kier alpha value is -1.69. The standard InChI is InChI=1S/C17H22N4OS/c1-13-12-23-17(21(13)11-15-3-2-6-18-9-15)20-8-7-19(16(20)22)10-14-4-5-14/h2-3,6,9,12,14,17H,4-5,7-8,10-11H2,1H3. The van der Waals surface area contributed by atoms with Gasteiger partial charge in [0.15, 0.2) is 5.50 Å². The van der Waals surface area contributed by atoms with Gasteiger partial charge in [0.05, 0.1) is 0 Å². The summed E-state index contributed by atoms with van der Waals surface area (Å²) in [6, 6.07) is 4.25. The van der Waals surface area contributed by atoms with Gasteiger partial charge in [0, 0.05) is 44.3 Å². The smallest absolute Gasteiger partial charge is 0.322 e. The molecular weight excluding hydrogens is 308 g/mol. The molecule has 122 valence electrons. The molecular formula is C17H22N4OS. The van der Waals surface area contributed by atoms with Crippen LogP contribution in [0.25, 0.3) is 0 Å². The van der Waals surface area contributed by atoms with Crippen molar-refractivity contribution >= 4 is 17.8 Å². The number of allylic oxidation sites excluding steroid dienone is 1. The van der Waals surface area contributed by atoms with E-state index in [-0.39, 0.29) is 11.5 Å². The minimum absolute atomic E-state index is 0.0758. The summed E-state index contributed by atoms with van der Waals surface area (Å²) in [4.78, 5) is 23.3. The van der Waals surface area contributed by atoms with Crippen LogP contribution in [0, 0.1) is 5.92 Å². The van der Waals surface area contributed by atoms with Crippen LogP contribution in [-0.4, -0.2) is 50.8 Å². The highest BCUT2D eigenvalue weighted by molar-refractivity contribution is 8.02. The molecule has 1 aromatic heterocycles. The molecule has 4 rings (SSSR count). The third-order valence-corrected chi connectivity index (χ3v) is 5.95. The largest absolute Gasteiger partial charge is 0.341 e. The van der Waals surface area contributed by atoms with Gasteiger partial charge in [-0.3, -0.25) is 9.88 Å². The maximum Gasteiger partial charge on any atom is 0.322 e. The number of urea groups is 1. The summed E-state index contributed by atoms with van der Waals surface area (Å²) >= 11 is 1.74. The van der Waals surface area contributed by atoms with Crippen molar-refractivity contribution in [1.29, 1.82) is 0 Å². The third kappa shape index (κ3) is 3.04. The van der Waals surface area contributed by atoms with Crippen LogP contribution in [-0.2, 0) is 6.54 Å². The van der Waals surface area contributed by atoms with Gasteiger partial charge in [-0.1, -0.05) is 17.8 Å². The highest BCUT2D eigenvalue weighted by Crippen LogP contribution is 2.37. The number of rotatable bonds is 5. The first kappa shape index (κ1) is 14.9. The molecule has 6 heteroatoms. The number of pyridine rings is 1. The fourth-order valence-electron chi connectivity index (χ4n) is 3.20. The molecule has 1 saturated carbocycles. The van der Waals surface area contributed by atoms with Crippen molar-refractivity contribution in [1.82, 2.24) is 19.7 Å². The molecule has 23 heavy (non-hydrogen) atoms. The topological polar surface area (TPSA) is 39.7 Å². The number of amides is 2. The quantitative estimate of drug-likeness (QED) is 0.832. The molecule has 0 radical (unpaired) electrons. The Morgan fingerprint density at radius 2 is 2.22 bits per heavy atom. The Kier molecular flexibility index (Phi) is 3.93. The second-order valence-electron chi connectivity index (χ2n) is 6.58. The first-order valence-corrected chi connectivity index (χ1v) is 9.20. The number of hydrogen-bond donors (Lipinski definition) is 0. The Morgan fingerprint density at radius 3 is 2.96 bits per heavy atom. The summed E-state index contributed by atoms with van der Waals surface area (Å²) < 4.78 is 0. The zero-order valence-electron chi connectivity index (χ0n) is 13.4. The van der Waals surface area contributed by atoms with Gasteiger partial charge in [0.1, 0.15) is 0 Å². The average Bonchev–Trinajstić information content (AvgIpc) is 3.23. The second-order valence-corrected chi connectivity index (χ2v) is 7.51. The van der Waals surface area contributed by atoms with Gasteiger partial charge < -0.3 is 9.80 Å². The highest BCUT2D eigenvalue weighted by Gasteiger charge is 2.40. The summed E-state index contributed by atoms with van der Waals surface area (Å²) in [6.07, 6.45) is 6.27. The highest BCUT2D eigenvalue weighted by atomic mass is 32.2. The number of nitrogens with zero attached hydrogens (tertiary/aromatic N) is 4. The Balaban J connectivity index is 1.46. The molecule has 2 amide bonds. The Morgan fingerprint density at radius 1 is 1.35 bits per heavy atom. The van der Waals surface area contributed by atoms with Crippen LogP contribution in [0.2, 0.25) is 0 Å². The van der Waals surface area contributed by atoms with Crippen molar-refractivity contribution in [2.45, 2.75) is 31.8 Å². The van der Waals surface area contributed by atoms with E-state index in [1.54, 1.807) is 18.0 Å². The third-order valence-electron chi connectivity index (χ3n) is 4.72. The molecule has 5 nitrogen and oxygen atoms in total. The summed E-state index contributed by atoms with van der Waals surface area (Å²) in [6.45, 7) is 5.55. The first-order chi connectivity index (χ1) is 11.2. The van der Waals surface area contributed by atoms with Gasteiger partial charge in [-0.25, -0.2) is 4.79 Å². The summed E-state index contributed by atoms with van der Waals surface area (Å²) in [5.41, 5.74) is 2.47. The molecule has 0 N–H and O–H groups in total. The summed E-state index contributed by atoms with van der Waals surface area (Å²) in [5.74, 6) is 0.751. The molecule has 1 aliphatic carbocycles. The molecule has 0 spiro atoms. The predicted molar refractivity (Wildman–Crippen MR) is 91.3 cm³/mol. The van der Waals surface area contributed by atoms with Crippen molar-refractivity contribution in [2.75, 3.05) is 19.6 Å². The van der Waals surface area contributed by atoms with E-state index in [9.17, 15) is 4.79 Å². The van der Waals surface area contributed by atoms with Crippen molar-refractivity contribution in [3.63, 3.8) is 0 Å². The molecule has 2 fully saturated rings. The number of aromatic nitrogens is 1. The van der Waals surface area contributed by atoms with Crippen LogP contribution in [0.3, 0.4) is 0 Å². The molecule has 2 aliphatic heterocycles. The van der Waals surface area contributed by atoms with Gasteiger partial charge in [0.25, 0.3) is 0 Å². The molecule has 3 aliphatic rings. The maximum atomic E-state index is 12.7. The minimum Gasteiger partial charge on any atom is -0.341 e. The molecule has 1 aromatic rings. The van der Waals surface area contributed by atoms with E-state index < -0.39 is 0 Å². The lowest BCUT2D eigenvalue weighted by atomic mass is 10.2. The number of thioether (sulfide) groups is 1. The van der Waals surface area contributed by atoms with Gasteiger partial charge >= 0.3 is 6.03 Å². The van der Waals surface area contributed by atoms with Crippen LogP contribution in [0.1, 0.15) is 25.3 Å². The normalized spacial score (nSPS) is 24.6. The lowest BCUT2D eigenvalue weighted by molar-refractivity contribution is 0.149. The van der Waals surface area contributed by atoms with Crippen molar-refractivity contribution in [3.8, 4) is 0 Å². The lowest BCUT2D eigenvalue weighted by Gasteiger charge is -2.34. The van der Waals surface area contributed by atoms with E-state index in [0.717, 1.165) is 32.1 Å². The number of carbonyl (C=O) groups is 1. The zero-order chi connectivity index (χ0) is 15.8. The van der Waals surface area contributed by atoms with Crippen LogP contribution in [0.5, 0.6) is 0 Å². The number of carbonyl (C=O) groups excluding carboxylic acids is 1. The summed E-state index contributed by atoms with van der Waals surface area (Å²) in [7, 11) is 0. The van der Waals surface area contributed by atoms with Crippen LogP contribution < -0.4 is 0 Å². The molecule has 1 unspecified atom stereocenters. The van der Waals surface area contributed by atoms with E-state index >= 15 is 0 Å². The van der Waals surface area contributed by atoms with Crippen LogP contribution >= 0.6 is 11.8 Å². The molecule has 3 heterocycles. The summed E-state index contributed by atoms with van der Waals surface area (Å²) in [5, 5.41) is 2.16. The van der Waals surface area contributed by atoms with Gasteiger partial charge in [-0.05, 0) is 42.7 Å². The SMILES string of the molecule is CC1=CSC(N2CCN(CC3CC3)C2=O)N1Cc1cccnc1. The lowest BCUT2D eigenvalue weighted by Crippen LogP contribution is -2.45. The zero-order valence-corrected chi connectivity index (χ0v) is 14.2. The maximum absolute atomic E-state index is 12.7. The van der Waals surface area contributed by atoms with Crippen molar-refractivity contribution < 1.29 is 4.79 Å². The Bertz CT molecular complexity index is 616. The van der Waals surface area contributed by atoms with Crippen molar-refractivity contribution in [3.05, 3.63) is 41.2 Å².